The third-order valence-electron chi connectivity index (χ3n) is 5.18. The number of benzene rings is 2. The molecule has 0 aliphatic carbocycles. The molecule has 32 heavy (non-hydrogen) atoms. The first-order chi connectivity index (χ1) is 15.4. The molecule has 0 bridgehead atoms. The van der Waals surface area contributed by atoms with Crippen molar-refractivity contribution in [1.29, 1.82) is 0 Å². The van der Waals surface area contributed by atoms with Gasteiger partial charge in [-0.05, 0) is 56.0 Å². The highest BCUT2D eigenvalue weighted by molar-refractivity contribution is 5.59. The second kappa shape index (κ2) is 9.38. The molecule has 2 aromatic carbocycles. The van der Waals surface area contributed by atoms with Crippen LogP contribution in [0.25, 0.3) is 5.78 Å². The lowest BCUT2D eigenvalue weighted by atomic mass is 10.1. The number of nitrogens with zero attached hydrogens (tertiary/aromatic N) is 4. The molecule has 0 aliphatic heterocycles. The molecule has 166 valence electrons. The Labute approximate surface area is 184 Å². The van der Waals surface area contributed by atoms with Gasteiger partial charge in [-0.2, -0.15) is 22.7 Å². The normalized spacial score (nSPS) is 11.8. The minimum Gasteiger partial charge on any atom is -0.340 e. The number of anilines is 2. The quantitative estimate of drug-likeness (QED) is 0.335. The SMILES string of the molecule is Cc1cc(Nc2ccc(C(F)(F)F)cc2)n2nc(CCCCCc3ccccc3)nc2n1. The van der Waals surface area contributed by atoms with Gasteiger partial charge in [0.05, 0.1) is 5.56 Å². The van der Waals surface area contributed by atoms with Gasteiger partial charge in [0.2, 0.25) is 0 Å². The Kier molecular flexibility index (Phi) is 6.39. The highest BCUT2D eigenvalue weighted by Crippen LogP contribution is 2.30. The van der Waals surface area contributed by atoms with Gasteiger partial charge >= 0.3 is 6.18 Å². The molecule has 0 spiro atoms. The molecule has 5 nitrogen and oxygen atoms in total. The number of aromatic nitrogens is 4. The summed E-state index contributed by atoms with van der Waals surface area (Å²) in [6.07, 6.45) is 0.604. The second-order valence-electron chi connectivity index (χ2n) is 7.77. The topological polar surface area (TPSA) is 55.1 Å². The van der Waals surface area contributed by atoms with Crippen molar-refractivity contribution in [2.45, 2.75) is 45.2 Å². The largest absolute Gasteiger partial charge is 0.416 e. The lowest BCUT2D eigenvalue weighted by Crippen LogP contribution is -2.05. The highest BCUT2D eigenvalue weighted by Gasteiger charge is 2.29. The first-order valence-corrected chi connectivity index (χ1v) is 10.6. The van der Waals surface area contributed by atoms with E-state index in [2.05, 4.69) is 44.6 Å². The summed E-state index contributed by atoms with van der Waals surface area (Å²) >= 11 is 0. The number of rotatable bonds is 8. The van der Waals surface area contributed by atoms with Gasteiger partial charge in [0, 0.05) is 23.9 Å². The number of alkyl halides is 3. The third kappa shape index (κ3) is 5.43. The van der Waals surface area contributed by atoms with Crippen molar-refractivity contribution in [2.24, 2.45) is 0 Å². The van der Waals surface area contributed by atoms with E-state index in [1.165, 1.54) is 17.7 Å². The highest BCUT2D eigenvalue weighted by atomic mass is 19.4. The summed E-state index contributed by atoms with van der Waals surface area (Å²) < 4.78 is 40.0. The molecule has 1 N–H and O–H groups in total. The van der Waals surface area contributed by atoms with Gasteiger partial charge in [-0.25, -0.2) is 4.98 Å². The zero-order valence-corrected chi connectivity index (χ0v) is 17.7. The molecule has 0 radical (unpaired) electrons. The van der Waals surface area contributed by atoms with E-state index in [-0.39, 0.29) is 0 Å². The summed E-state index contributed by atoms with van der Waals surface area (Å²) in [6, 6.07) is 17.1. The third-order valence-corrected chi connectivity index (χ3v) is 5.18. The summed E-state index contributed by atoms with van der Waals surface area (Å²) in [4.78, 5) is 8.96. The van der Waals surface area contributed by atoms with Crippen LogP contribution in [-0.2, 0) is 19.0 Å². The lowest BCUT2D eigenvalue weighted by molar-refractivity contribution is -0.137. The van der Waals surface area contributed by atoms with Crippen LogP contribution in [0.2, 0.25) is 0 Å². The maximum Gasteiger partial charge on any atom is 0.416 e. The number of nitrogens with one attached hydrogen (secondary N) is 1. The molecule has 0 aliphatic rings. The average Bonchev–Trinajstić information content (AvgIpc) is 3.17. The zero-order valence-electron chi connectivity index (χ0n) is 17.7. The van der Waals surface area contributed by atoms with Gasteiger partial charge in [-0.15, -0.1) is 5.10 Å². The molecule has 0 unspecified atom stereocenters. The van der Waals surface area contributed by atoms with E-state index in [9.17, 15) is 13.2 Å². The Bertz CT molecular complexity index is 1170. The number of aryl methyl sites for hydroxylation is 3. The van der Waals surface area contributed by atoms with Gasteiger partial charge < -0.3 is 5.32 Å². The summed E-state index contributed by atoms with van der Waals surface area (Å²) in [5.41, 5.74) is 1.93. The summed E-state index contributed by atoms with van der Waals surface area (Å²) in [5, 5.41) is 7.69. The van der Waals surface area contributed by atoms with Crippen molar-refractivity contribution in [3.63, 3.8) is 0 Å². The summed E-state index contributed by atoms with van der Waals surface area (Å²) in [6.45, 7) is 1.84. The van der Waals surface area contributed by atoms with Gasteiger partial charge in [0.25, 0.3) is 5.78 Å². The fourth-order valence-electron chi connectivity index (χ4n) is 3.55. The monoisotopic (exact) mass is 439 g/mol. The van der Waals surface area contributed by atoms with Crippen LogP contribution in [0.1, 0.15) is 41.9 Å². The molecule has 0 fully saturated rings. The van der Waals surface area contributed by atoms with E-state index in [0.29, 0.717) is 23.1 Å². The van der Waals surface area contributed by atoms with E-state index >= 15 is 0 Å². The van der Waals surface area contributed by atoms with Crippen LogP contribution in [0.5, 0.6) is 0 Å². The van der Waals surface area contributed by atoms with Crippen molar-refractivity contribution in [1.82, 2.24) is 19.6 Å². The van der Waals surface area contributed by atoms with Crippen LogP contribution >= 0.6 is 0 Å². The molecule has 8 heteroatoms. The van der Waals surface area contributed by atoms with E-state index in [1.54, 1.807) is 10.6 Å². The number of hydrogen-bond acceptors (Lipinski definition) is 4. The molecule has 0 atom stereocenters. The predicted molar refractivity (Wildman–Crippen MR) is 118 cm³/mol. The molecule has 4 rings (SSSR count). The van der Waals surface area contributed by atoms with Crippen LogP contribution in [0, 0.1) is 6.92 Å². The smallest absolute Gasteiger partial charge is 0.340 e. The fourth-order valence-corrected chi connectivity index (χ4v) is 3.55. The maximum atomic E-state index is 12.8. The van der Waals surface area contributed by atoms with Gasteiger partial charge in [0.15, 0.2) is 5.82 Å². The van der Waals surface area contributed by atoms with Crippen molar-refractivity contribution >= 4 is 17.3 Å². The minimum atomic E-state index is -4.36. The Morgan fingerprint density at radius 3 is 2.31 bits per heavy atom. The lowest BCUT2D eigenvalue weighted by Gasteiger charge is -2.10. The van der Waals surface area contributed by atoms with E-state index in [4.69, 9.17) is 0 Å². The van der Waals surface area contributed by atoms with Crippen LogP contribution in [-0.4, -0.2) is 19.6 Å². The Morgan fingerprint density at radius 2 is 1.59 bits per heavy atom. The number of hydrogen-bond donors (Lipinski definition) is 1. The number of halogens is 3. The summed E-state index contributed by atoms with van der Waals surface area (Å²) in [5.74, 6) is 1.78. The van der Waals surface area contributed by atoms with Crippen molar-refractivity contribution < 1.29 is 13.2 Å². The summed E-state index contributed by atoms with van der Waals surface area (Å²) in [7, 11) is 0. The first kappa shape index (κ1) is 21.8. The van der Waals surface area contributed by atoms with Crippen molar-refractivity contribution in [2.75, 3.05) is 5.32 Å². The van der Waals surface area contributed by atoms with Crippen LogP contribution < -0.4 is 5.32 Å². The van der Waals surface area contributed by atoms with Gasteiger partial charge in [0.1, 0.15) is 5.82 Å². The van der Waals surface area contributed by atoms with E-state index < -0.39 is 11.7 Å². The van der Waals surface area contributed by atoms with Crippen LogP contribution in [0.4, 0.5) is 24.7 Å². The second-order valence-corrected chi connectivity index (χ2v) is 7.77. The Hall–Kier alpha value is -3.42. The zero-order chi connectivity index (χ0) is 22.6. The molecule has 2 aromatic heterocycles. The maximum absolute atomic E-state index is 12.8. The molecule has 0 saturated carbocycles. The molecular formula is C24H24F3N5. The van der Waals surface area contributed by atoms with Crippen molar-refractivity contribution in [3.8, 4) is 0 Å². The molecular weight excluding hydrogens is 415 g/mol. The molecule has 2 heterocycles. The number of unbranched alkanes of at least 4 members (excludes halogenated alkanes) is 2. The van der Waals surface area contributed by atoms with Crippen LogP contribution in [0.3, 0.4) is 0 Å². The number of fused-ring (bicyclic) bond motifs is 1. The Morgan fingerprint density at radius 1 is 0.875 bits per heavy atom. The van der Waals surface area contributed by atoms with Crippen molar-refractivity contribution in [3.05, 3.63) is 83.3 Å². The molecule has 0 saturated heterocycles. The van der Waals surface area contributed by atoms with E-state index in [0.717, 1.165) is 49.9 Å². The standard InChI is InChI=1S/C24H24F3N5/c1-17-16-22(29-20-14-12-19(13-15-20)24(25,26)27)32-23(28-17)30-21(31-32)11-7-3-6-10-18-8-4-2-5-9-18/h2,4-5,8-9,12-16,29H,3,6-7,10-11H2,1H3. The van der Waals surface area contributed by atoms with Gasteiger partial charge in [-0.1, -0.05) is 36.8 Å². The van der Waals surface area contributed by atoms with E-state index in [1.807, 2.05) is 13.0 Å². The first-order valence-electron chi connectivity index (χ1n) is 10.6. The predicted octanol–water partition coefficient (Wildman–Crippen LogP) is 6.15. The Balaban J connectivity index is 1.40. The fraction of sp³-hybridized carbons (Fsp3) is 0.292. The van der Waals surface area contributed by atoms with Gasteiger partial charge in [-0.3, -0.25) is 0 Å². The molecule has 4 aromatic rings. The molecule has 0 amide bonds. The average molecular weight is 439 g/mol. The van der Waals surface area contributed by atoms with Crippen LogP contribution in [0.15, 0.2) is 60.7 Å². The minimum absolute atomic E-state index is 0.471.